The summed E-state index contributed by atoms with van der Waals surface area (Å²) in [5.41, 5.74) is 0.824. The maximum atomic E-state index is 11.8. The van der Waals surface area contributed by atoms with E-state index < -0.39 is 5.97 Å². The summed E-state index contributed by atoms with van der Waals surface area (Å²) in [7, 11) is 0. The molecule has 23 heavy (non-hydrogen) atoms. The lowest BCUT2D eigenvalue weighted by Gasteiger charge is -2.21. The van der Waals surface area contributed by atoms with Gasteiger partial charge in [-0.05, 0) is 30.0 Å². The van der Waals surface area contributed by atoms with Crippen molar-refractivity contribution in [1.29, 1.82) is 0 Å². The van der Waals surface area contributed by atoms with Crippen molar-refractivity contribution in [2.24, 2.45) is 5.92 Å². The van der Waals surface area contributed by atoms with Crippen molar-refractivity contribution in [3.05, 3.63) is 29.8 Å². The van der Waals surface area contributed by atoms with Crippen molar-refractivity contribution in [2.75, 3.05) is 13.2 Å². The van der Waals surface area contributed by atoms with Crippen molar-refractivity contribution in [3.8, 4) is 5.75 Å². The highest BCUT2D eigenvalue weighted by Gasteiger charge is 2.27. The van der Waals surface area contributed by atoms with Gasteiger partial charge >= 0.3 is 5.97 Å². The molecular weight excluding hydrogens is 298 g/mol. The first-order chi connectivity index (χ1) is 11.0. The molecule has 0 bridgehead atoms. The van der Waals surface area contributed by atoms with E-state index in [-0.39, 0.29) is 30.3 Å². The number of ether oxygens (including phenoxy) is 2. The Labute approximate surface area is 135 Å². The van der Waals surface area contributed by atoms with Crippen molar-refractivity contribution >= 4 is 17.8 Å². The van der Waals surface area contributed by atoms with E-state index in [4.69, 9.17) is 9.47 Å². The largest absolute Gasteiger partial charge is 0.482 e. The summed E-state index contributed by atoms with van der Waals surface area (Å²) < 4.78 is 10.4. The fourth-order valence-electron chi connectivity index (χ4n) is 2.25. The average Bonchev–Trinajstić information content (AvgIpc) is 2.51. The highest BCUT2D eigenvalue weighted by molar-refractivity contribution is 6.00. The van der Waals surface area contributed by atoms with Gasteiger partial charge < -0.3 is 9.47 Å². The molecule has 6 heteroatoms. The minimum absolute atomic E-state index is 0.148. The van der Waals surface area contributed by atoms with Crippen LogP contribution >= 0.6 is 0 Å². The molecular formula is C17H21NO5. The van der Waals surface area contributed by atoms with Gasteiger partial charge in [-0.3, -0.25) is 14.9 Å². The SMILES string of the molecule is CC(C)COC(=O)COc1ccc(C2CCC(=O)NC2=O)cc1. The van der Waals surface area contributed by atoms with Gasteiger partial charge in [0.05, 0.1) is 12.5 Å². The Hall–Kier alpha value is -2.37. The van der Waals surface area contributed by atoms with E-state index in [0.717, 1.165) is 5.56 Å². The molecule has 0 aliphatic carbocycles. The predicted molar refractivity (Wildman–Crippen MR) is 82.9 cm³/mol. The molecule has 0 spiro atoms. The summed E-state index contributed by atoms with van der Waals surface area (Å²) in [6.45, 7) is 4.14. The average molecular weight is 319 g/mol. The summed E-state index contributed by atoms with van der Waals surface area (Å²) in [6.07, 6.45) is 0.850. The first-order valence-corrected chi connectivity index (χ1v) is 7.67. The molecule has 2 amide bonds. The fourth-order valence-corrected chi connectivity index (χ4v) is 2.25. The maximum absolute atomic E-state index is 11.8. The van der Waals surface area contributed by atoms with Crippen molar-refractivity contribution < 1.29 is 23.9 Å². The van der Waals surface area contributed by atoms with E-state index in [1.165, 1.54) is 0 Å². The lowest BCUT2D eigenvalue weighted by molar-refractivity contribution is -0.147. The van der Waals surface area contributed by atoms with Gasteiger partial charge in [-0.1, -0.05) is 26.0 Å². The van der Waals surface area contributed by atoms with E-state index in [1.54, 1.807) is 24.3 Å². The Balaban J connectivity index is 1.86. The number of carbonyl (C=O) groups is 3. The van der Waals surface area contributed by atoms with Gasteiger partial charge in [0.25, 0.3) is 0 Å². The molecule has 1 fully saturated rings. The quantitative estimate of drug-likeness (QED) is 0.638. The monoisotopic (exact) mass is 319 g/mol. The van der Waals surface area contributed by atoms with Gasteiger partial charge in [-0.2, -0.15) is 0 Å². The molecule has 1 heterocycles. The van der Waals surface area contributed by atoms with Gasteiger partial charge in [0.2, 0.25) is 11.8 Å². The number of amides is 2. The minimum atomic E-state index is -0.409. The first-order valence-electron chi connectivity index (χ1n) is 7.67. The molecule has 1 aromatic carbocycles. The van der Waals surface area contributed by atoms with Crippen LogP contribution in [0, 0.1) is 5.92 Å². The van der Waals surface area contributed by atoms with Gasteiger partial charge in [0.1, 0.15) is 5.75 Å². The third-order valence-corrected chi connectivity index (χ3v) is 3.46. The highest BCUT2D eigenvalue weighted by Crippen LogP contribution is 2.26. The van der Waals surface area contributed by atoms with Crippen LogP contribution in [0.2, 0.25) is 0 Å². The highest BCUT2D eigenvalue weighted by atomic mass is 16.6. The van der Waals surface area contributed by atoms with E-state index in [1.807, 2.05) is 13.8 Å². The number of benzene rings is 1. The second kappa shape index (κ2) is 7.76. The molecule has 1 N–H and O–H groups in total. The predicted octanol–water partition coefficient (Wildman–Crippen LogP) is 1.78. The van der Waals surface area contributed by atoms with Crippen LogP contribution in [0.3, 0.4) is 0 Å². The third kappa shape index (κ3) is 5.09. The van der Waals surface area contributed by atoms with Gasteiger partial charge in [-0.25, -0.2) is 4.79 Å². The van der Waals surface area contributed by atoms with Crippen LogP contribution in [-0.2, 0) is 19.1 Å². The molecule has 1 aliphatic heterocycles. The molecule has 1 atom stereocenters. The normalized spacial score (nSPS) is 17.8. The molecule has 1 aliphatic rings. The number of carbonyl (C=O) groups excluding carboxylic acids is 3. The lowest BCUT2D eigenvalue weighted by atomic mass is 9.90. The first kappa shape index (κ1) is 17.0. The van der Waals surface area contributed by atoms with Crippen molar-refractivity contribution in [1.82, 2.24) is 5.32 Å². The van der Waals surface area contributed by atoms with E-state index in [2.05, 4.69) is 5.32 Å². The van der Waals surface area contributed by atoms with Gasteiger partial charge in [0, 0.05) is 6.42 Å². The van der Waals surface area contributed by atoms with Gasteiger partial charge in [-0.15, -0.1) is 0 Å². The number of imide groups is 1. The van der Waals surface area contributed by atoms with Crippen molar-refractivity contribution in [3.63, 3.8) is 0 Å². The van der Waals surface area contributed by atoms with Crippen LogP contribution in [0.5, 0.6) is 5.75 Å². The zero-order valence-electron chi connectivity index (χ0n) is 13.3. The summed E-state index contributed by atoms with van der Waals surface area (Å²) in [5, 5.41) is 2.34. The number of rotatable bonds is 6. The Morgan fingerprint density at radius 1 is 1.26 bits per heavy atom. The second-order valence-electron chi connectivity index (χ2n) is 5.94. The Kier molecular flexibility index (Phi) is 5.73. The van der Waals surface area contributed by atoms with Crippen LogP contribution in [0.1, 0.15) is 38.2 Å². The zero-order chi connectivity index (χ0) is 16.8. The molecule has 0 radical (unpaired) electrons. The number of piperidine rings is 1. The summed E-state index contributed by atoms with van der Waals surface area (Å²) >= 11 is 0. The van der Waals surface area contributed by atoms with Gasteiger partial charge in [0.15, 0.2) is 6.61 Å². The lowest BCUT2D eigenvalue weighted by Crippen LogP contribution is -2.39. The molecule has 1 saturated heterocycles. The molecule has 1 aromatic rings. The minimum Gasteiger partial charge on any atom is -0.482 e. The molecule has 0 saturated carbocycles. The van der Waals surface area contributed by atoms with E-state index in [0.29, 0.717) is 25.2 Å². The van der Waals surface area contributed by atoms with Crippen LogP contribution in [0.25, 0.3) is 0 Å². The maximum Gasteiger partial charge on any atom is 0.344 e. The fraction of sp³-hybridized carbons (Fsp3) is 0.471. The molecule has 6 nitrogen and oxygen atoms in total. The standard InChI is InChI=1S/C17H21NO5/c1-11(2)9-23-16(20)10-22-13-5-3-12(4-6-13)14-7-8-15(19)18-17(14)21/h3-6,11,14H,7-10H2,1-2H3,(H,18,19,21). The number of hydrogen-bond donors (Lipinski definition) is 1. The van der Waals surface area contributed by atoms with Crippen LogP contribution in [0.15, 0.2) is 24.3 Å². The van der Waals surface area contributed by atoms with Crippen LogP contribution in [0.4, 0.5) is 0 Å². The summed E-state index contributed by atoms with van der Waals surface area (Å²) in [5.74, 6) is -0.418. The second-order valence-corrected chi connectivity index (χ2v) is 5.94. The number of hydrogen-bond acceptors (Lipinski definition) is 5. The molecule has 2 rings (SSSR count). The van der Waals surface area contributed by atoms with Crippen LogP contribution in [-0.4, -0.2) is 31.0 Å². The Morgan fingerprint density at radius 2 is 1.96 bits per heavy atom. The topological polar surface area (TPSA) is 81.7 Å². The molecule has 124 valence electrons. The Bertz CT molecular complexity index is 579. The number of esters is 1. The van der Waals surface area contributed by atoms with E-state index >= 15 is 0 Å². The summed E-state index contributed by atoms with van der Waals surface area (Å²) in [6, 6.07) is 6.95. The Morgan fingerprint density at radius 3 is 2.57 bits per heavy atom. The smallest absolute Gasteiger partial charge is 0.344 e. The number of nitrogens with one attached hydrogen (secondary N) is 1. The van der Waals surface area contributed by atoms with E-state index in [9.17, 15) is 14.4 Å². The van der Waals surface area contributed by atoms with Crippen molar-refractivity contribution in [2.45, 2.75) is 32.6 Å². The third-order valence-electron chi connectivity index (χ3n) is 3.46. The summed E-state index contributed by atoms with van der Waals surface area (Å²) in [4.78, 5) is 34.4. The zero-order valence-corrected chi connectivity index (χ0v) is 13.3. The molecule has 0 aromatic heterocycles. The molecule has 1 unspecified atom stereocenters. The van der Waals surface area contributed by atoms with Crippen LogP contribution < -0.4 is 10.1 Å².